The Labute approximate surface area is 197 Å². The first-order chi connectivity index (χ1) is 15.3. The maximum absolute atomic E-state index is 15.2. The van der Waals surface area contributed by atoms with Gasteiger partial charge in [0.05, 0.1) is 22.8 Å². The van der Waals surface area contributed by atoms with Crippen LogP contribution in [0, 0.1) is 11.7 Å². The van der Waals surface area contributed by atoms with Gasteiger partial charge >= 0.3 is 12.3 Å². The van der Waals surface area contributed by atoms with E-state index in [2.05, 4.69) is 4.74 Å². The summed E-state index contributed by atoms with van der Waals surface area (Å²) in [6.45, 7) is 3.12. The molecule has 188 valence electrons. The van der Waals surface area contributed by atoms with Crippen LogP contribution in [0.1, 0.15) is 20.3 Å². The van der Waals surface area contributed by atoms with Crippen LogP contribution in [0.25, 0.3) is 10.9 Å². The molecule has 34 heavy (non-hydrogen) atoms. The van der Waals surface area contributed by atoms with Gasteiger partial charge in [-0.2, -0.15) is 13.2 Å². The molecule has 2 saturated heterocycles. The quantitative estimate of drug-likeness (QED) is 0.480. The molecule has 2 fully saturated rings. The Kier molecular flexibility index (Phi) is 6.57. The predicted octanol–water partition coefficient (Wildman–Crippen LogP) is 3.47. The van der Waals surface area contributed by atoms with E-state index in [-0.39, 0.29) is 42.6 Å². The molecule has 0 spiro atoms. The van der Waals surface area contributed by atoms with Crippen molar-refractivity contribution in [3.05, 3.63) is 34.4 Å². The van der Waals surface area contributed by atoms with Gasteiger partial charge in [-0.3, -0.25) is 4.79 Å². The van der Waals surface area contributed by atoms with E-state index in [9.17, 15) is 22.8 Å². The Morgan fingerprint density at radius 1 is 1.35 bits per heavy atom. The summed E-state index contributed by atoms with van der Waals surface area (Å²) in [7, 11) is 0. The van der Waals surface area contributed by atoms with Crippen molar-refractivity contribution in [2.45, 2.75) is 37.6 Å². The maximum Gasteiger partial charge on any atom is 0.511 e. The topological polar surface area (TPSA) is 107 Å². The van der Waals surface area contributed by atoms with Gasteiger partial charge in [0, 0.05) is 32.2 Å². The molecule has 13 heteroatoms. The van der Waals surface area contributed by atoms with Crippen LogP contribution < -0.4 is 20.8 Å². The molecular weight excluding hydrogens is 486 g/mol. The maximum atomic E-state index is 15.2. The van der Waals surface area contributed by atoms with Gasteiger partial charge in [0.25, 0.3) is 0 Å². The Morgan fingerprint density at radius 3 is 2.59 bits per heavy atom. The standard InChI is InChI=1S/C21H23F4N3O5.ClH/c1-19(2,21(23,24)25)28-8-16(33-18(30)31)17(29)12-5-13(22)15(6-14(12)28)27-7-11-3-4-32-20(11,9-26)10-27;/h5-6,8,11H,3-4,7,9-10,26H2,1-2H3,(H,30,31);1H. The van der Waals surface area contributed by atoms with Crippen molar-refractivity contribution in [2.24, 2.45) is 11.7 Å². The van der Waals surface area contributed by atoms with Crippen LogP contribution in [0.3, 0.4) is 0 Å². The molecule has 0 saturated carbocycles. The molecule has 1 aromatic carbocycles. The number of pyridine rings is 1. The average Bonchev–Trinajstić information content (AvgIpc) is 3.26. The predicted molar refractivity (Wildman–Crippen MR) is 118 cm³/mol. The molecule has 4 rings (SSSR count). The fraction of sp³-hybridized carbons (Fsp3) is 0.524. The van der Waals surface area contributed by atoms with Gasteiger partial charge in [-0.25, -0.2) is 9.18 Å². The summed E-state index contributed by atoms with van der Waals surface area (Å²) in [5, 5.41) is 8.46. The zero-order valence-corrected chi connectivity index (χ0v) is 19.1. The number of carboxylic acid groups (broad SMARTS) is 1. The second-order valence-corrected chi connectivity index (χ2v) is 8.92. The molecule has 2 aromatic rings. The lowest BCUT2D eigenvalue weighted by Gasteiger charge is -2.33. The van der Waals surface area contributed by atoms with Crippen molar-refractivity contribution < 1.29 is 36.9 Å². The lowest BCUT2D eigenvalue weighted by molar-refractivity contribution is -0.201. The molecule has 0 aliphatic carbocycles. The van der Waals surface area contributed by atoms with Crippen molar-refractivity contribution in [3.63, 3.8) is 0 Å². The van der Waals surface area contributed by atoms with E-state index in [1.165, 1.54) is 6.07 Å². The number of aromatic nitrogens is 1. The SMILES string of the molecule is CC(C)(n1cc(OC(=O)O)c(=O)c2cc(F)c(N3CC4CCOC4(CN)C3)cc21)C(F)(F)F.Cl. The van der Waals surface area contributed by atoms with Gasteiger partial charge in [-0.15, -0.1) is 12.4 Å². The van der Waals surface area contributed by atoms with Crippen LogP contribution in [0.5, 0.6) is 5.75 Å². The molecule has 0 bridgehead atoms. The van der Waals surface area contributed by atoms with Gasteiger partial charge < -0.3 is 29.8 Å². The van der Waals surface area contributed by atoms with Gasteiger partial charge in [0.15, 0.2) is 5.75 Å². The first-order valence-electron chi connectivity index (χ1n) is 10.3. The van der Waals surface area contributed by atoms with Crippen LogP contribution in [0.2, 0.25) is 0 Å². The van der Waals surface area contributed by atoms with E-state index in [0.717, 1.165) is 26.3 Å². The zero-order chi connectivity index (χ0) is 24.3. The number of ether oxygens (including phenoxy) is 2. The molecule has 0 amide bonds. The third kappa shape index (κ3) is 3.97. The van der Waals surface area contributed by atoms with Gasteiger partial charge in [-0.1, -0.05) is 0 Å². The Hall–Kier alpha value is -2.57. The third-order valence-corrected chi connectivity index (χ3v) is 6.72. The Morgan fingerprint density at radius 2 is 2.03 bits per heavy atom. The Balaban J connectivity index is 0.00000324. The summed E-state index contributed by atoms with van der Waals surface area (Å²) >= 11 is 0. The molecule has 2 aliphatic heterocycles. The van der Waals surface area contributed by atoms with Crippen LogP contribution in [-0.4, -0.2) is 53.8 Å². The molecule has 3 N–H and O–H groups in total. The molecule has 8 nitrogen and oxygen atoms in total. The number of alkyl halides is 3. The number of halogens is 5. The minimum atomic E-state index is -4.79. The van der Waals surface area contributed by atoms with E-state index in [0.29, 0.717) is 23.9 Å². The van der Waals surface area contributed by atoms with Crippen LogP contribution >= 0.6 is 12.4 Å². The largest absolute Gasteiger partial charge is 0.511 e. The number of fused-ring (bicyclic) bond motifs is 2. The highest BCUT2D eigenvalue weighted by Gasteiger charge is 2.51. The van der Waals surface area contributed by atoms with Crippen molar-refractivity contribution in [1.29, 1.82) is 0 Å². The molecule has 2 aliphatic rings. The number of hydrogen-bond acceptors (Lipinski definition) is 6. The van der Waals surface area contributed by atoms with Gasteiger partial charge in [0.1, 0.15) is 17.0 Å². The third-order valence-electron chi connectivity index (χ3n) is 6.72. The summed E-state index contributed by atoms with van der Waals surface area (Å²) in [5.41, 5.74) is 1.43. The fourth-order valence-corrected chi connectivity index (χ4v) is 4.66. The van der Waals surface area contributed by atoms with E-state index in [4.69, 9.17) is 15.6 Å². The number of benzene rings is 1. The van der Waals surface area contributed by atoms with Crippen LogP contribution in [-0.2, 0) is 10.3 Å². The van der Waals surface area contributed by atoms with E-state index in [1.807, 2.05) is 0 Å². The minimum absolute atomic E-state index is 0. The minimum Gasteiger partial charge on any atom is -0.449 e. The van der Waals surface area contributed by atoms with Gasteiger partial charge in [0.2, 0.25) is 5.43 Å². The van der Waals surface area contributed by atoms with Crippen molar-refractivity contribution in [1.82, 2.24) is 4.57 Å². The number of anilines is 1. The summed E-state index contributed by atoms with van der Waals surface area (Å²) < 4.78 is 67.8. The number of carbonyl (C=O) groups is 1. The van der Waals surface area contributed by atoms with Crippen LogP contribution in [0.15, 0.2) is 23.1 Å². The highest BCUT2D eigenvalue weighted by atomic mass is 35.5. The number of hydrogen-bond donors (Lipinski definition) is 2. The van der Waals surface area contributed by atoms with E-state index in [1.54, 1.807) is 4.90 Å². The first kappa shape index (κ1) is 26.0. The monoisotopic (exact) mass is 509 g/mol. The summed E-state index contributed by atoms with van der Waals surface area (Å²) in [5.74, 6) is -1.65. The number of nitrogens with zero attached hydrogens (tertiary/aromatic N) is 2. The second kappa shape index (κ2) is 8.58. The zero-order valence-electron chi connectivity index (χ0n) is 18.3. The molecular formula is C21H24ClF4N3O5. The lowest BCUT2D eigenvalue weighted by Crippen LogP contribution is -2.44. The average molecular weight is 510 g/mol. The number of nitrogens with two attached hydrogens (primary N) is 1. The Bertz CT molecular complexity index is 1190. The molecule has 1 aromatic heterocycles. The normalized spacial score (nSPS) is 22.6. The highest BCUT2D eigenvalue weighted by Crippen LogP contribution is 2.43. The summed E-state index contributed by atoms with van der Waals surface area (Å²) in [6, 6.07) is 1.99. The van der Waals surface area contributed by atoms with Crippen LogP contribution in [0.4, 0.5) is 28.0 Å². The number of rotatable bonds is 4. The smallest absolute Gasteiger partial charge is 0.449 e. The molecule has 0 radical (unpaired) electrons. The second-order valence-electron chi connectivity index (χ2n) is 8.92. The fourth-order valence-electron chi connectivity index (χ4n) is 4.66. The molecule has 3 heterocycles. The molecule has 2 atom stereocenters. The van der Waals surface area contributed by atoms with E-state index >= 15 is 4.39 Å². The first-order valence-corrected chi connectivity index (χ1v) is 10.3. The summed E-state index contributed by atoms with van der Waals surface area (Å²) in [4.78, 5) is 25.4. The summed E-state index contributed by atoms with van der Waals surface area (Å²) in [6.07, 6.45) is -5.25. The van der Waals surface area contributed by atoms with Crippen molar-refractivity contribution >= 4 is 35.2 Å². The van der Waals surface area contributed by atoms with Gasteiger partial charge in [-0.05, 0) is 32.4 Å². The van der Waals surface area contributed by atoms with Crippen molar-refractivity contribution in [2.75, 3.05) is 31.1 Å². The lowest BCUT2D eigenvalue weighted by atomic mass is 9.91. The van der Waals surface area contributed by atoms with E-state index < -0.39 is 45.9 Å². The van der Waals surface area contributed by atoms with Crippen molar-refractivity contribution in [3.8, 4) is 5.75 Å². The highest BCUT2D eigenvalue weighted by molar-refractivity contribution is 5.86. The molecule has 2 unspecified atom stereocenters.